The molecule has 0 fully saturated rings. The molecule has 1 nitrogen and oxygen atoms in total. The van der Waals surface area contributed by atoms with Gasteiger partial charge in [0, 0.05) is 0 Å². The van der Waals surface area contributed by atoms with Crippen LogP contribution in [0.3, 0.4) is 0 Å². The van der Waals surface area contributed by atoms with E-state index >= 15 is 0 Å². The Labute approximate surface area is 138 Å². The molecule has 2 heteroatoms. The van der Waals surface area contributed by atoms with Crippen LogP contribution in [0.25, 0.3) is 21.1 Å². The van der Waals surface area contributed by atoms with Crippen LogP contribution in [0.2, 0.25) is 0 Å². The van der Waals surface area contributed by atoms with Crippen LogP contribution in [0.4, 0.5) is 0 Å². The van der Waals surface area contributed by atoms with E-state index in [1.165, 1.54) is 26.7 Å². The fourth-order valence-electron chi connectivity index (χ4n) is 2.44. The minimum absolute atomic E-state index is 0.153. The molecule has 1 heterocycles. The van der Waals surface area contributed by atoms with Crippen molar-refractivity contribution in [3.8, 4) is 21.1 Å². The molecule has 1 aromatic heterocycles. The molecule has 0 aliphatic carbocycles. The first-order valence-corrected chi connectivity index (χ1v) is 9.15. The van der Waals surface area contributed by atoms with Gasteiger partial charge in [-0.3, -0.25) is 0 Å². The normalized spacial score (nSPS) is 11.6. The third kappa shape index (κ3) is 3.10. The zero-order valence-corrected chi connectivity index (χ0v) is 14.8. The van der Waals surface area contributed by atoms with Crippen molar-refractivity contribution in [2.24, 2.45) is 0 Å². The second kappa shape index (κ2) is 5.89. The summed E-state index contributed by atoms with van der Waals surface area (Å²) in [5.74, 6) is 0. The Morgan fingerprint density at radius 2 is 1.50 bits per heavy atom. The Kier molecular flexibility index (Phi) is 4.09. The zero-order chi connectivity index (χ0) is 15.7. The van der Waals surface area contributed by atoms with E-state index in [-0.39, 0.29) is 14.5 Å². The molecule has 0 saturated heterocycles. The van der Waals surface area contributed by atoms with E-state index in [2.05, 4.69) is 61.5 Å². The van der Waals surface area contributed by atoms with Gasteiger partial charge in [0.2, 0.25) is 0 Å². The van der Waals surface area contributed by atoms with Crippen LogP contribution in [0, 0.1) is 6.92 Å². The first-order valence-electron chi connectivity index (χ1n) is 7.44. The van der Waals surface area contributed by atoms with Gasteiger partial charge in [0.15, 0.2) is 0 Å². The predicted molar refractivity (Wildman–Crippen MR) is 94.2 cm³/mol. The molecular formula is C20H20OSe. The van der Waals surface area contributed by atoms with Gasteiger partial charge in [-0.1, -0.05) is 0 Å². The minimum atomic E-state index is -0.757. The molecule has 0 unspecified atom stereocenters. The molecular weight excluding hydrogens is 335 g/mol. The molecule has 0 amide bonds. The first kappa shape index (κ1) is 15.3. The van der Waals surface area contributed by atoms with Crippen LogP contribution in [-0.2, 0) is 5.60 Å². The molecule has 0 saturated carbocycles. The molecule has 2 aromatic carbocycles. The molecule has 3 rings (SSSR count). The molecule has 3 aromatic rings. The van der Waals surface area contributed by atoms with Crippen molar-refractivity contribution in [3.05, 3.63) is 70.7 Å². The topological polar surface area (TPSA) is 20.2 Å². The van der Waals surface area contributed by atoms with Crippen molar-refractivity contribution in [1.29, 1.82) is 0 Å². The number of hydrogen-bond acceptors (Lipinski definition) is 1. The van der Waals surface area contributed by atoms with Gasteiger partial charge >= 0.3 is 138 Å². The first-order chi connectivity index (χ1) is 10.4. The SMILES string of the molecule is Cc1ccc(-c2cc(C(C)(C)O)[se]c2-c2ccccc2)cc1. The van der Waals surface area contributed by atoms with Gasteiger partial charge in [0.1, 0.15) is 0 Å². The number of aliphatic hydroxyl groups is 1. The Bertz CT molecular complexity index is 762. The number of hydrogen-bond donors (Lipinski definition) is 1. The number of benzene rings is 2. The quantitative estimate of drug-likeness (QED) is 0.680. The standard InChI is InChI=1S/C20H20OSe/c1-14-9-11-15(12-10-14)17-13-18(20(2,3)21)22-19(17)16-7-5-4-6-8-16/h4-13,21H,1-3H3. The predicted octanol–water partition coefficient (Wildman–Crippen LogP) is 4.61. The van der Waals surface area contributed by atoms with Crippen LogP contribution < -0.4 is 0 Å². The van der Waals surface area contributed by atoms with Gasteiger partial charge in [-0.15, -0.1) is 0 Å². The third-order valence-corrected chi connectivity index (χ3v) is 6.87. The summed E-state index contributed by atoms with van der Waals surface area (Å²) < 4.78 is 2.49. The summed E-state index contributed by atoms with van der Waals surface area (Å²) >= 11 is 0.153. The molecule has 0 bridgehead atoms. The molecule has 0 aliphatic heterocycles. The molecule has 112 valence electrons. The summed E-state index contributed by atoms with van der Waals surface area (Å²) in [5.41, 5.74) is 4.25. The maximum atomic E-state index is 10.4. The Morgan fingerprint density at radius 3 is 2.09 bits per heavy atom. The van der Waals surface area contributed by atoms with E-state index in [0.717, 1.165) is 4.44 Å². The van der Waals surface area contributed by atoms with Crippen molar-refractivity contribution < 1.29 is 5.11 Å². The Balaban J connectivity index is 2.19. The van der Waals surface area contributed by atoms with E-state index in [0.29, 0.717) is 0 Å². The molecule has 22 heavy (non-hydrogen) atoms. The summed E-state index contributed by atoms with van der Waals surface area (Å²) in [5, 5.41) is 10.4. The average Bonchev–Trinajstić information content (AvgIpc) is 2.94. The van der Waals surface area contributed by atoms with E-state index in [1.807, 2.05) is 19.9 Å². The van der Waals surface area contributed by atoms with Crippen LogP contribution >= 0.6 is 0 Å². The summed E-state index contributed by atoms with van der Waals surface area (Å²) in [7, 11) is 0. The van der Waals surface area contributed by atoms with Crippen molar-refractivity contribution in [3.63, 3.8) is 0 Å². The van der Waals surface area contributed by atoms with Gasteiger partial charge in [0.25, 0.3) is 0 Å². The Morgan fingerprint density at radius 1 is 0.864 bits per heavy atom. The summed E-state index contributed by atoms with van der Waals surface area (Å²) in [4.78, 5) is 0. The maximum absolute atomic E-state index is 10.4. The zero-order valence-electron chi connectivity index (χ0n) is 13.1. The molecule has 0 spiro atoms. The fraction of sp³-hybridized carbons (Fsp3) is 0.200. The van der Waals surface area contributed by atoms with Crippen LogP contribution in [0.5, 0.6) is 0 Å². The Hall–Kier alpha value is -1.60. The second-order valence-corrected chi connectivity index (χ2v) is 8.35. The van der Waals surface area contributed by atoms with Crippen LogP contribution in [0.1, 0.15) is 23.8 Å². The molecule has 1 N–H and O–H groups in total. The summed E-state index contributed by atoms with van der Waals surface area (Å²) in [6.45, 7) is 5.86. The van der Waals surface area contributed by atoms with E-state index in [4.69, 9.17) is 0 Å². The molecule has 0 radical (unpaired) electrons. The second-order valence-electron chi connectivity index (χ2n) is 6.14. The van der Waals surface area contributed by atoms with Gasteiger partial charge in [-0.25, -0.2) is 0 Å². The third-order valence-electron chi connectivity index (χ3n) is 3.73. The summed E-state index contributed by atoms with van der Waals surface area (Å²) in [6.07, 6.45) is 0. The van der Waals surface area contributed by atoms with Crippen molar-refractivity contribution in [1.82, 2.24) is 0 Å². The molecule has 0 atom stereocenters. The van der Waals surface area contributed by atoms with E-state index < -0.39 is 5.60 Å². The van der Waals surface area contributed by atoms with Crippen molar-refractivity contribution in [2.45, 2.75) is 26.4 Å². The summed E-state index contributed by atoms with van der Waals surface area (Å²) in [6, 6.07) is 21.3. The van der Waals surface area contributed by atoms with Crippen molar-refractivity contribution >= 4 is 14.5 Å². The van der Waals surface area contributed by atoms with Crippen LogP contribution in [0.15, 0.2) is 60.7 Å². The van der Waals surface area contributed by atoms with Gasteiger partial charge in [0.05, 0.1) is 0 Å². The van der Waals surface area contributed by atoms with Crippen LogP contribution in [-0.4, -0.2) is 19.6 Å². The van der Waals surface area contributed by atoms with E-state index in [9.17, 15) is 5.11 Å². The monoisotopic (exact) mass is 356 g/mol. The molecule has 0 aliphatic rings. The van der Waals surface area contributed by atoms with Gasteiger partial charge in [-0.05, 0) is 0 Å². The van der Waals surface area contributed by atoms with Gasteiger partial charge < -0.3 is 0 Å². The average molecular weight is 355 g/mol. The number of aryl methyl sites for hydroxylation is 1. The van der Waals surface area contributed by atoms with E-state index in [1.54, 1.807) is 0 Å². The number of rotatable bonds is 3. The van der Waals surface area contributed by atoms with Crippen molar-refractivity contribution in [2.75, 3.05) is 0 Å². The fourth-order valence-corrected chi connectivity index (χ4v) is 4.93. The van der Waals surface area contributed by atoms with Gasteiger partial charge in [-0.2, -0.15) is 0 Å².